The zero-order valence-electron chi connectivity index (χ0n) is 8.26. The van der Waals surface area contributed by atoms with E-state index in [0.717, 1.165) is 19.3 Å². The largest absolute Gasteiger partial charge is 0.469 e. The van der Waals surface area contributed by atoms with Crippen molar-refractivity contribution in [1.82, 2.24) is 5.32 Å². The van der Waals surface area contributed by atoms with Gasteiger partial charge in [0.1, 0.15) is 6.42 Å². The molecule has 1 amide bonds. The number of nitrogens with one attached hydrogen (secondary N) is 1. The molecule has 0 unspecified atom stereocenters. The molecule has 0 fully saturated rings. The van der Waals surface area contributed by atoms with Crippen LogP contribution in [-0.4, -0.2) is 25.5 Å². The van der Waals surface area contributed by atoms with Gasteiger partial charge in [-0.3, -0.25) is 9.59 Å². The maximum Gasteiger partial charge on any atom is 0.315 e. The molecule has 0 radical (unpaired) electrons. The molecule has 0 aliphatic carbocycles. The lowest BCUT2D eigenvalue weighted by Crippen LogP contribution is -2.26. The van der Waals surface area contributed by atoms with Crippen LogP contribution < -0.4 is 5.32 Å². The molecule has 13 heavy (non-hydrogen) atoms. The fourth-order valence-electron chi connectivity index (χ4n) is 0.869. The molecule has 0 bridgehead atoms. The second-order valence-corrected chi connectivity index (χ2v) is 2.81. The Balaban J connectivity index is 3.35. The highest BCUT2D eigenvalue weighted by Gasteiger charge is 2.07. The van der Waals surface area contributed by atoms with Gasteiger partial charge in [-0.2, -0.15) is 0 Å². The molecule has 4 nitrogen and oxygen atoms in total. The number of carbonyl (C=O) groups is 2. The zero-order chi connectivity index (χ0) is 10.1. The molecule has 0 atom stereocenters. The van der Waals surface area contributed by atoms with Crippen molar-refractivity contribution < 1.29 is 14.3 Å². The highest BCUT2D eigenvalue weighted by molar-refractivity contribution is 5.94. The van der Waals surface area contributed by atoms with E-state index >= 15 is 0 Å². The van der Waals surface area contributed by atoms with Crippen molar-refractivity contribution in [3.63, 3.8) is 0 Å². The van der Waals surface area contributed by atoms with Crippen LogP contribution in [0, 0.1) is 0 Å². The number of hydrogen-bond acceptors (Lipinski definition) is 3. The Morgan fingerprint density at radius 2 is 2.00 bits per heavy atom. The zero-order valence-corrected chi connectivity index (χ0v) is 8.26. The van der Waals surface area contributed by atoms with Crippen molar-refractivity contribution in [2.24, 2.45) is 0 Å². The van der Waals surface area contributed by atoms with Gasteiger partial charge in [0.2, 0.25) is 5.91 Å². The second kappa shape index (κ2) is 7.58. The summed E-state index contributed by atoms with van der Waals surface area (Å²) in [6.45, 7) is 2.74. The van der Waals surface area contributed by atoms with Crippen LogP contribution in [0.1, 0.15) is 32.6 Å². The molecule has 0 spiro atoms. The summed E-state index contributed by atoms with van der Waals surface area (Å²) >= 11 is 0. The number of amides is 1. The number of ether oxygens (including phenoxy) is 1. The van der Waals surface area contributed by atoms with Crippen molar-refractivity contribution in [2.75, 3.05) is 13.7 Å². The van der Waals surface area contributed by atoms with Crippen molar-refractivity contribution in [3.8, 4) is 0 Å². The molecule has 0 aromatic rings. The van der Waals surface area contributed by atoms with Crippen LogP contribution >= 0.6 is 0 Å². The summed E-state index contributed by atoms with van der Waals surface area (Å²) < 4.78 is 4.35. The summed E-state index contributed by atoms with van der Waals surface area (Å²) in [7, 11) is 1.27. The summed E-state index contributed by atoms with van der Waals surface area (Å²) in [5, 5.41) is 2.64. The quantitative estimate of drug-likeness (QED) is 0.381. The van der Waals surface area contributed by atoms with E-state index in [-0.39, 0.29) is 12.3 Å². The van der Waals surface area contributed by atoms with E-state index in [1.807, 2.05) is 0 Å². The molecular weight excluding hydrogens is 170 g/mol. The minimum atomic E-state index is -0.493. The van der Waals surface area contributed by atoms with Gasteiger partial charge in [-0.1, -0.05) is 19.8 Å². The van der Waals surface area contributed by atoms with Gasteiger partial charge in [0.05, 0.1) is 7.11 Å². The predicted octanol–water partition coefficient (Wildman–Crippen LogP) is 0.856. The van der Waals surface area contributed by atoms with Gasteiger partial charge in [0, 0.05) is 6.54 Å². The molecule has 0 aliphatic rings. The van der Waals surface area contributed by atoms with E-state index in [9.17, 15) is 9.59 Å². The first-order valence-electron chi connectivity index (χ1n) is 4.54. The van der Waals surface area contributed by atoms with Gasteiger partial charge >= 0.3 is 5.97 Å². The summed E-state index contributed by atoms with van der Waals surface area (Å²) in [4.78, 5) is 21.6. The number of unbranched alkanes of at least 4 members (excludes halogenated alkanes) is 2. The van der Waals surface area contributed by atoms with Gasteiger partial charge < -0.3 is 10.1 Å². The highest BCUT2D eigenvalue weighted by Crippen LogP contribution is 1.91. The average Bonchev–Trinajstić information content (AvgIpc) is 2.12. The van der Waals surface area contributed by atoms with Crippen LogP contribution in [0.4, 0.5) is 0 Å². The molecule has 0 saturated heterocycles. The molecule has 0 aliphatic heterocycles. The third kappa shape index (κ3) is 7.31. The molecule has 1 N–H and O–H groups in total. The smallest absolute Gasteiger partial charge is 0.315 e. The van der Waals surface area contributed by atoms with Gasteiger partial charge in [-0.15, -0.1) is 0 Å². The Kier molecular flexibility index (Phi) is 6.96. The highest BCUT2D eigenvalue weighted by atomic mass is 16.5. The van der Waals surface area contributed by atoms with E-state index in [1.165, 1.54) is 7.11 Å². The normalized spacial score (nSPS) is 9.38. The van der Waals surface area contributed by atoms with Crippen LogP contribution in [0.15, 0.2) is 0 Å². The van der Waals surface area contributed by atoms with E-state index in [4.69, 9.17) is 0 Å². The third-order valence-electron chi connectivity index (χ3n) is 1.64. The van der Waals surface area contributed by atoms with Crippen LogP contribution in [0.2, 0.25) is 0 Å². The number of methoxy groups -OCH3 is 1. The summed E-state index contributed by atoms with van der Waals surface area (Å²) in [5.74, 6) is -0.754. The topological polar surface area (TPSA) is 55.4 Å². The fraction of sp³-hybridized carbons (Fsp3) is 0.778. The summed E-state index contributed by atoms with van der Waals surface area (Å²) in [5.41, 5.74) is 0. The molecular formula is C9H17NO3. The second-order valence-electron chi connectivity index (χ2n) is 2.81. The first-order chi connectivity index (χ1) is 6.20. The van der Waals surface area contributed by atoms with E-state index in [2.05, 4.69) is 17.0 Å². The average molecular weight is 187 g/mol. The van der Waals surface area contributed by atoms with Gasteiger partial charge in [0.25, 0.3) is 0 Å². The van der Waals surface area contributed by atoms with E-state index < -0.39 is 5.97 Å². The Bertz CT molecular complexity index is 168. The minimum Gasteiger partial charge on any atom is -0.469 e. The summed E-state index contributed by atoms with van der Waals surface area (Å²) in [6, 6.07) is 0. The summed E-state index contributed by atoms with van der Waals surface area (Å²) in [6.07, 6.45) is 3.00. The molecule has 0 saturated carbocycles. The maximum absolute atomic E-state index is 11.0. The molecule has 0 aromatic carbocycles. The van der Waals surface area contributed by atoms with Crippen molar-refractivity contribution in [3.05, 3.63) is 0 Å². The molecule has 4 heteroatoms. The molecule has 0 aromatic heterocycles. The Morgan fingerprint density at radius 1 is 1.31 bits per heavy atom. The lowest BCUT2D eigenvalue weighted by Gasteiger charge is -2.02. The van der Waals surface area contributed by atoms with E-state index in [0.29, 0.717) is 6.54 Å². The Morgan fingerprint density at radius 3 is 2.54 bits per heavy atom. The Labute approximate surface area is 78.6 Å². The molecule has 76 valence electrons. The number of carbonyl (C=O) groups excluding carboxylic acids is 2. The number of rotatable bonds is 6. The van der Waals surface area contributed by atoms with Crippen LogP contribution in [-0.2, 0) is 14.3 Å². The van der Waals surface area contributed by atoms with Gasteiger partial charge in [0.15, 0.2) is 0 Å². The fourth-order valence-corrected chi connectivity index (χ4v) is 0.869. The first-order valence-corrected chi connectivity index (χ1v) is 4.54. The van der Waals surface area contributed by atoms with Crippen molar-refractivity contribution in [2.45, 2.75) is 32.6 Å². The molecule has 0 heterocycles. The maximum atomic E-state index is 11.0. The Hall–Kier alpha value is -1.06. The van der Waals surface area contributed by atoms with Gasteiger partial charge in [-0.05, 0) is 6.42 Å². The minimum absolute atomic E-state index is 0.178. The van der Waals surface area contributed by atoms with Crippen LogP contribution in [0.3, 0.4) is 0 Å². The lowest BCUT2D eigenvalue weighted by molar-refractivity contribution is -0.143. The number of esters is 1. The SMILES string of the molecule is CCCCCNC(=O)CC(=O)OC. The molecule has 0 rings (SSSR count). The van der Waals surface area contributed by atoms with E-state index in [1.54, 1.807) is 0 Å². The van der Waals surface area contributed by atoms with Crippen LogP contribution in [0.25, 0.3) is 0 Å². The monoisotopic (exact) mass is 187 g/mol. The third-order valence-corrected chi connectivity index (χ3v) is 1.64. The lowest BCUT2D eigenvalue weighted by atomic mass is 10.2. The predicted molar refractivity (Wildman–Crippen MR) is 49.2 cm³/mol. The van der Waals surface area contributed by atoms with Crippen LogP contribution in [0.5, 0.6) is 0 Å². The van der Waals surface area contributed by atoms with Crippen molar-refractivity contribution >= 4 is 11.9 Å². The van der Waals surface area contributed by atoms with Gasteiger partial charge in [-0.25, -0.2) is 0 Å². The number of hydrogen-bond donors (Lipinski definition) is 1. The van der Waals surface area contributed by atoms with Crippen molar-refractivity contribution in [1.29, 1.82) is 0 Å². The first kappa shape index (κ1) is 11.9. The standard InChI is InChI=1S/C9H17NO3/c1-3-4-5-6-10-8(11)7-9(12)13-2/h3-7H2,1-2H3,(H,10,11).